The van der Waals surface area contributed by atoms with Crippen LogP contribution >= 0.6 is 0 Å². The molecule has 2 saturated heterocycles. The highest BCUT2D eigenvalue weighted by Crippen LogP contribution is 2.27. The second-order valence-corrected chi connectivity index (χ2v) is 6.30. The molecule has 23 heavy (non-hydrogen) atoms. The molecule has 3 rings (SSSR count). The Balaban J connectivity index is 1.73. The number of aliphatic carboxylic acids is 1. The Morgan fingerprint density at radius 2 is 2.09 bits per heavy atom. The van der Waals surface area contributed by atoms with Crippen molar-refractivity contribution in [2.75, 3.05) is 44.3 Å². The fourth-order valence-electron chi connectivity index (χ4n) is 3.31. The molecule has 126 valence electrons. The molecule has 2 aliphatic heterocycles. The van der Waals surface area contributed by atoms with Gasteiger partial charge in [0.25, 0.3) is 0 Å². The van der Waals surface area contributed by atoms with Crippen molar-refractivity contribution in [3.63, 3.8) is 0 Å². The Hall–Kier alpha value is -1.66. The van der Waals surface area contributed by atoms with E-state index in [1.807, 2.05) is 17.0 Å². The minimum atomic E-state index is -0.792. The Bertz CT molecular complexity index is 561. The highest BCUT2D eigenvalue weighted by Gasteiger charge is 2.27. The lowest BCUT2D eigenvalue weighted by atomic mass is 9.97. The summed E-state index contributed by atoms with van der Waals surface area (Å²) in [5.41, 5.74) is 1.59. The van der Waals surface area contributed by atoms with Crippen LogP contribution < -0.4 is 4.90 Å². The second-order valence-electron chi connectivity index (χ2n) is 6.30. The summed E-state index contributed by atoms with van der Waals surface area (Å²) in [7, 11) is 0. The summed E-state index contributed by atoms with van der Waals surface area (Å²) in [4.78, 5) is 15.4. The standard InChI is InChI=1S/C17H23FN2O3/c18-15-4-3-13(11-19-6-8-23-9-7-19)10-16(15)20-5-1-2-14(12-20)17(21)22/h3-4,10,14H,1-2,5-9,11-12H2,(H,21,22). The lowest BCUT2D eigenvalue weighted by Gasteiger charge is -2.33. The van der Waals surface area contributed by atoms with Crippen molar-refractivity contribution in [3.8, 4) is 0 Å². The van der Waals surface area contributed by atoms with Crippen LogP contribution in [0.1, 0.15) is 18.4 Å². The van der Waals surface area contributed by atoms with E-state index in [2.05, 4.69) is 4.90 Å². The molecular formula is C17H23FN2O3. The molecule has 0 aromatic heterocycles. The van der Waals surface area contributed by atoms with Gasteiger partial charge >= 0.3 is 5.97 Å². The molecule has 0 saturated carbocycles. The number of carbonyl (C=O) groups is 1. The normalized spacial score (nSPS) is 23.0. The lowest BCUT2D eigenvalue weighted by molar-refractivity contribution is -0.141. The highest BCUT2D eigenvalue weighted by molar-refractivity contribution is 5.71. The predicted molar refractivity (Wildman–Crippen MR) is 85.1 cm³/mol. The van der Waals surface area contributed by atoms with E-state index in [1.54, 1.807) is 0 Å². The number of halogens is 1. The lowest BCUT2D eigenvalue weighted by Crippen LogP contribution is -2.39. The van der Waals surface area contributed by atoms with Crippen LogP contribution in [-0.2, 0) is 16.1 Å². The fraction of sp³-hybridized carbons (Fsp3) is 0.588. The summed E-state index contributed by atoms with van der Waals surface area (Å²) < 4.78 is 19.6. The smallest absolute Gasteiger partial charge is 0.308 e. The molecule has 0 spiro atoms. The third-order valence-corrected chi connectivity index (χ3v) is 4.63. The van der Waals surface area contributed by atoms with E-state index < -0.39 is 11.9 Å². The van der Waals surface area contributed by atoms with Gasteiger partial charge in [-0.25, -0.2) is 4.39 Å². The van der Waals surface area contributed by atoms with Crippen LogP contribution in [0.3, 0.4) is 0 Å². The summed E-state index contributed by atoms with van der Waals surface area (Å²) in [6, 6.07) is 5.18. The number of carboxylic acids is 1. The van der Waals surface area contributed by atoms with E-state index >= 15 is 0 Å². The van der Waals surface area contributed by atoms with Crippen LogP contribution in [0.15, 0.2) is 18.2 Å². The van der Waals surface area contributed by atoms with Gasteiger partial charge < -0.3 is 14.7 Å². The van der Waals surface area contributed by atoms with Gasteiger partial charge in [0.05, 0.1) is 24.8 Å². The van der Waals surface area contributed by atoms with Crippen molar-refractivity contribution in [2.24, 2.45) is 5.92 Å². The van der Waals surface area contributed by atoms with Gasteiger partial charge in [-0.2, -0.15) is 0 Å². The minimum absolute atomic E-state index is 0.276. The van der Waals surface area contributed by atoms with Gasteiger partial charge in [-0.1, -0.05) is 6.07 Å². The molecule has 1 aromatic rings. The van der Waals surface area contributed by atoms with Gasteiger partial charge in [-0.05, 0) is 30.5 Å². The highest BCUT2D eigenvalue weighted by atomic mass is 19.1. The number of morpholine rings is 1. The monoisotopic (exact) mass is 322 g/mol. The third-order valence-electron chi connectivity index (χ3n) is 4.63. The molecule has 0 aliphatic carbocycles. The Morgan fingerprint density at radius 3 is 2.83 bits per heavy atom. The number of hydrogen-bond acceptors (Lipinski definition) is 4. The van der Waals surface area contributed by atoms with Gasteiger partial charge in [0.1, 0.15) is 5.82 Å². The van der Waals surface area contributed by atoms with Crippen molar-refractivity contribution in [1.29, 1.82) is 0 Å². The minimum Gasteiger partial charge on any atom is -0.481 e. The maximum Gasteiger partial charge on any atom is 0.308 e. The van der Waals surface area contributed by atoms with Gasteiger partial charge in [-0.3, -0.25) is 9.69 Å². The first-order valence-electron chi connectivity index (χ1n) is 8.20. The Kier molecular flexibility index (Phi) is 5.13. The van der Waals surface area contributed by atoms with Crippen LogP contribution in [0, 0.1) is 11.7 Å². The summed E-state index contributed by atoms with van der Waals surface area (Å²) in [5.74, 6) is -1.48. The molecule has 1 atom stereocenters. The maximum absolute atomic E-state index is 14.2. The van der Waals surface area contributed by atoms with Gasteiger partial charge in [-0.15, -0.1) is 0 Å². The number of nitrogens with zero attached hydrogens (tertiary/aromatic N) is 2. The Morgan fingerprint density at radius 1 is 1.30 bits per heavy atom. The summed E-state index contributed by atoms with van der Waals surface area (Å²) >= 11 is 0. The van der Waals surface area contributed by atoms with E-state index in [-0.39, 0.29) is 5.82 Å². The van der Waals surface area contributed by atoms with Crippen molar-refractivity contribution >= 4 is 11.7 Å². The first kappa shape index (κ1) is 16.2. The molecule has 1 N–H and O–H groups in total. The van der Waals surface area contributed by atoms with E-state index in [4.69, 9.17) is 4.74 Å². The summed E-state index contributed by atoms with van der Waals surface area (Å²) in [6.45, 7) is 5.11. The number of hydrogen-bond donors (Lipinski definition) is 1. The topological polar surface area (TPSA) is 53.0 Å². The second kappa shape index (κ2) is 7.27. The molecule has 2 aliphatic rings. The molecule has 0 bridgehead atoms. The van der Waals surface area contributed by atoms with Crippen LogP contribution in [-0.4, -0.2) is 55.4 Å². The third kappa shape index (κ3) is 4.00. The molecule has 2 fully saturated rings. The fourth-order valence-corrected chi connectivity index (χ4v) is 3.31. The first-order chi connectivity index (χ1) is 11.1. The number of piperidine rings is 1. The summed E-state index contributed by atoms with van der Waals surface area (Å²) in [6.07, 6.45) is 1.45. The molecule has 2 heterocycles. The number of anilines is 1. The maximum atomic E-state index is 14.2. The van der Waals surface area contributed by atoms with Crippen molar-refractivity contribution in [3.05, 3.63) is 29.6 Å². The zero-order valence-electron chi connectivity index (χ0n) is 13.2. The predicted octanol–water partition coefficient (Wildman–Crippen LogP) is 1.96. The van der Waals surface area contributed by atoms with E-state index in [1.165, 1.54) is 6.07 Å². The molecule has 1 aromatic carbocycles. The van der Waals surface area contributed by atoms with E-state index in [9.17, 15) is 14.3 Å². The number of ether oxygens (including phenoxy) is 1. The van der Waals surface area contributed by atoms with Crippen molar-refractivity contribution in [2.45, 2.75) is 19.4 Å². The molecular weight excluding hydrogens is 299 g/mol. The van der Waals surface area contributed by atoms with Crippen LogP contribution in [0.5, 0.6) is 0 Å². The largest absolute Gasteiger partial charge is 0.481 e. The average Bonchev–Trinajstić information content (AvgIpc) is 2.57. The summed E-state index contributed by atoms with van der Waals surface area (Å²) in [5, 5.41) is 9.20. The average molecular weight is 322 g/mol. The van der Waals surface area contributed by atoms with Gasteiger partial charge in [0, 0.05) is 32.7 Å². The molecule has 5 nitrogen and oxygen atoms in total. The van der Waals surface area contributed by atoms with Gasteiger partial charge in [0.15, 0.2) is 0 Å². The van der Waals surface area contributed by atoms with Crippen LogP contribution in [0.25, 0.3) is 0 Å². The first-order valence-corrected chi connectivity index (χ1v) is 8.20. The number of benzene rings is 1. The quantitative estimate of drug-likeness (QED) is 0.918. The van der Waals surface area contributed by atoms with Crippen molar-refractivity contribution < 1.29 is 19.0 Å². The number of carboxylic acid groups (broad SMARTS) is 1. The van der Waals surface area contributed by atoms with E-state index in [0.29, 0.717) is 25.2 Å². The zero-order chi connectivity index (χ0) is 16.2. The molecule has 1 unspecified atom stereocenters. The SMILES string of the molecule is O=C(O)C1CCCN(c2cc(CN3CCOCC3)ccc2F)C1. The Labute approximate surface area is 135 Å². The van der Waals surface area contributed by atoms with Gasteiger partial charge in [0.2, 0.25) is 0 Å². The molecule has 6 heteroatoms. The van der Waals surface area contributed by atoms with Crippen molar-refractivity contribution in [1.82, 2.24) is 4.90 Å². The number of rotatable bonds is 4. The van der Waals surface area contributed by atoms with Crippen LogP contribution in [0.4, 0.5) is 10.1 Å². The van der Waals surface area contributed by atoms with Crippen LogP contribution in [0.2, 0.25) is 0 Å². The van der Waals surface area contributed by atoms with E-state index in [0.717, 1.165) is 44.8 Å². The molecule has 0 amide bonds. The molecule has 0 radical (unpaired) electrons. The zero-order valence-corrected chi connectivity index (χ0v) is 13.2.